The number of carbonyl (C=O) groups is 1. The summed E-state index contributed by atoms with van der Waals surface area (Å²) in [6, 6.07) is 6.25. The zero-order chi connectivity index (χ0) is 23.7. The van der Waals surface area contributed by atoms with Crippen molar-refractivity contribution < 1.29 is 9.90 Å². The normalized spacial score (nSPS) is 21.6. The number of nitrogens with zero attached hydrogens (tertiary/aromatic N) is 4. The summed E-state index contributed by atoms with van der Waals surface area (Å²) in [4.78, 5) is 29.6. The predicted octanol–water partition coefficient (Wildman–Crippen LogP) is 4.92. The first-order chi connectivity index (χ1) is 16.5. The lowest BCUT2D eigenvalue weighted by molar-refractivity contribution is 0.0765. The second-order valence-corrected chi connectivity index (χ2v) is 10.8. The van der Waals surface area contributed by atoms with Gasteiger partial charge in [0.25, 0.3) is 5.91 Å². The molecule has 1 aliphatic carbocycles. The van der Waals surface area contributed by atoms with Gasteiger partial charge in [-0.05, 0) is 55.0 Å². The van der Waals surface area contributed by atoms with E-state index in [2.05, 4.69) is 28.3 Å². The number of aliphatic hydroxyl groups excluding tert-OH is 1. The van der Waals surface area contributed by atoms with Gasteiger partial charge in [0.2, 0.25) is 5.95 Å². The highest BCUT2D eigenvalue weighted by Gasteiger charge is 2.26. The number of hydrogen-bond donors (Lipinski definition) is 2. The molecule has 1 aliphatic heterocycles. The number of aryl methyl sites for hydroxylation is 1. The summed E-state index contributed by atoms with van der Waals surface area (Å²) in [7, 11) is 0. The summed E-state index contributed by atoms with van der Waals surface area (Å²) < 4.78 is 1.09. The van der Waals surface area contributed by atoms with Crippen LogP contribution in [0.4, 0.5) is 10.9 Å². The van der Waals surface area contributed by atoms with Crippen molar-refractivity contribution in [3.63, 3.8) is 0 Å². The number of thiophene rings is 1. The smallest absolute Gasteiger partial charge is 0.253 e. The number of β-amino-alcohol motifs (C(OH)–C–C–N with tert-alkyl or cyclic N) is 1. The van der Waals surface area contributed by atoms with E-state index in [1.807, 2.05) is 30.8 Å². The average molecular weight is 496 g/mol. The zero-order valence-corrected chi connectivity index (χ0v) is 21.1. The molecule has 2 atom stereocenters. The summed E-state index contributed by atoms with van der Waals surface area (Å²) in [5.74, 6) is 0.665. The molecular formula is C25H29N5O2S2. The summed E-state index contributed by atoms with van der Waals surface area (Å²) in [5.41, 5.74) is 3.12. The van der Waals surface area contributed by atoms with Crippen LogP contribution in [0.2, 0.25) is 0 Å². The van der Waals surface area contributed by atoms with Gasteiger partial charge in [-0.2, -0.15) is 0 Å². The average Bonchev–Trinajstić information content (AvgIpc) is 3.57. The molecule has 2 N–H and O–H groups in total. The van der Waals surface area contributed by atoms with Gasteiger partial charge in [-0.3, -0.25) is 4.79 Å². The maximum atomic E-state index is 12.9. The van der Waals surface area contributed by atoms with Crippen LogP contribution in [0.25, 0.3) is 10.1 Å². The lowest BCUT2D eigenvalue weighted by Gasteiger charge is -2.15. The van der Waals surface area contributed by atoms with Crippen LogP contribution in [-0.4, -0.2) is 63.1 Å². The topological polar surface area (TPSA) is 90.7 Å². The standard InChI is InChI=1S/C25H29N5O2S2/c1-3-20-21-7-4-15(24(32)30-9-8-18(31)14-30)10-22(21)34-23(20)28-16-5-6-17(11-16)29-25-26-12-19(33-2)13-27-25/h4,7,10,12-13,17-18,31H,3,5-6,8-9,11,14H2,1-2H3,(H,26,27,29)/t17?,18-/m1/s1. The third-order valence-corrected chi connectivity index (χ3v) is 8.31. The summed E-state index contributed by atoms with van der Waals surface area (Å²) in [5, 5.41) is 15.5. The highest BCUT2D eigenvalue weighted by atomic mass is 32.2. The second-order valence-electron chi connectivity index (χ2n) is 8.85. The Morgan fingerprint density at radius 1 is 1.32 bits per heavy atom. The molecule has 5 rings (SSSR count). The van der Waals surface area contributed by atoms with Gasteiger partial charge >= 0.3 is 0 Å². The van der Waals surface area contributed by atoms with Crippen LogP contribution >= 0.6 is 23.1 Å². The Hall–Kier alpha value is -2.49. The van der Waals surface area contributed by atoms with E-state index in [9.17, 15) is 9.90 Å². The van der Waals surface area contributed by atoms with Gasteiger partial charge in [0.05, 0.1) is 6.10 Å². The molecule has 0 spiro atoms. The molecule has 9 heteroatoms. The van der Waals surface area contributed by atoms with E-state index in [1.54, 1.807) is 28.0 Å². The van der Waals surface area contributed by atoms with Crippen molar-refractivity contribution in [3.05, 3.63) is 41.7 Å². The van der Waals surface area contributed by atoms with Crippen molar-refractivity contribution in [2.24, 2.45) is 4.99 Å². The van der Waals surface area contributed by atoms with Crippen LogP contribution in [0.1, 0.15) is 48.5 Å². The van der Waals surface area contributed by atoms with Gasteiger partial charge in [0.15, 0.2) is 0 Å². The molecular weight excluding hydrogens is 466 g/mol. The summed E-state index contributed by atoms with van der Waals surface area (Å²) >= 11 is 3.30. The van der Waals surface area contributed by atoms with Gasteiger partial charge in [0.1, 0.15) is 5.00 Å². The van der Waals surface area contributed by atoms with Crippen molar-refractivity contribution >= 4 is 55.8 Å². The Morgan fingerprint density at radius 3 is 2.85 bits per heavy atom. The first-order valence-electron chi connectivity index (χ1n) is 11.8. The third-order valence-electron chi connectivity index (χ3n) is 6.54. The molecule has 0 bridgehead atoms. The summed E-state index contributed by atoms with van der Waals surface area (Å²) in [6.45, 7) is 3.19. The van der Waals surface area contributed by atoms with Gasteiger partial charge in [0, 0.05) is 58.8 Å². The van der Waals surface area contributed by atoms with Crippen molar-refractivity contribution in [2.45, 2.75) is 56.1 Å². The highest BCUT2D eigenvalue weighted by Crippen LogP contribution is 2.40. The Kier molecular flexibility index (Phi) is 6.85. The Balaban J connectivity index is 1.33. The van der Waals surface area contributed by atoms with E-state index in [0.29, 0.717) is 37.1 Å². The molecule has 1 saturated carbocycles. The van der Waals surface area contributed by atoms with E-state index in [4.69, 9.17) is 4.99 Å². The van der Waals surface area contributed by atoms with Crippen LogP contribution in [-0.2, 0) is 6.42 Å². The number of aliphatic imine (C=N–C) groups is 1. The van der Waals surface area contributed by atoms with Crippen LogP contribution in [0.15, 0.2) is 40.5 Å². The first-order valence-corrected chi connectivity index (χ1v) is 13.8. The molecule has 2 aromatic heterocycles. The van der Waals surface area contributed by atoms with Crippen LogP contribution in [0, 0.1) is 0 Å². The fourth-order valence-corrected chi connectivity index (χ4v) is 6.25. The number of likely N-dealkylation sites (tertiary alicyclic amines) is 1. The number of aromatic nitrogens is 2. The number of hydrogen-bond acceptors (Lipinski definition) is 8. The largest absolute Gasteiger partial charge is 0.391 e. The lowest BCUT2D eigenvalue weighted by Crippen LogP contribution is -2.29. The minimum Gasteiger partial charge on any atom is -0.391 e. The minimum atomic E-state index is -0.408. The minimum absolute atomic E-state index is 0.00439. The first kappa shape index (κ1) is 23.3. The number of amides is 1. The Labute approximate surface area is 207 Å². The van der Waals surface area contributed by atoms with E-state index in [1.165, 1.54) is 16.7 Å². The third kappa shape index (κ3) is 4.82. The SMILES string of the molecule is CCc1c(N=C2CCC(Nc3ncc(SC)cn3)C2)sc2cc(C(=O)N3CC[C@@H](O)C3)ccc12. The predicted molar refractivity (Wildman–Crippen MR) is 140 cm³/mol. The second kappa shape index (κ2) is 10.0. The molecule has 34 heavy (non-hydrogen) atoms. The van der Waals surface area contributed by atoms with Gasteiger partial charge in [-0.15, -0.1) is 23.1 Å². The Morgan fingerprint density at radius 2 is 2.15 bits per heavy atom. The van der Waals surface area contributed by atoms with E-state index < -0.39 is 6.10 Å². The van der Waals surface area contributed by atoms with E-state index in [-0.39, 0.29) is 5.91 Å². The zero-order valence-electron chi connectivity index (χ0n) is 19.5. The number of fused-ring (bicyclic) bond motifs is 1. The van der Waals surface area contributed by atoms with E-state index >= 15 is 0 Å². The molecule has 1 amide bonds. The highest BCUT2D eigenvalue weighted by molar-refractivity contribution is 7.98. The Bertz CT molecular complexity index is 1220. The van der Waals surface area contributed by atoms with Crippen molar-refractivity contribution in [2.75, 3.05) is 24.7 Å². The lowest BCUT2D eigenvalue weighted by atomic mass is 10.1. The van der Waals surface area contributed by atoms with Gasteiger partial charge < -0.3 is 15.3 Å². The number of rotatable bonds is 6. The maximum Gasteiger partial charge on any atom is 0.253 e. The maximum absolute atomic E-state index is 12.9. The van der Waals surface area contributed by atoms with E-state index in [0.717, 1.165) is 40.3 Å². The van der Waals surface area contributed by atoms with Crippen molar-refractivity contribution in [3.8, 4) is 0 Å². The van der Waals surface area contributed by atoms with Gasteiger partial charge in [-0.1, -0.05) is 13.0 Å². The number of thioether (sulfide) groups is 1. The molecule has 0 radical (unpaired) electrons. The number of nitrogens with one attached hydrogen (secondary N) is 1. The fourth-order valence-electron chi connectivity index (χ4n) is 4.69. The molecule has 2 aliphatic rings. The van der Waals surface area contributed by atoms with Gasteiger partial charge in [-0.25, -0.2) is 15.0 Å². The number of benzene rings is 1. The molecule has 1 aromatic carbocycles. The quantitative estimate of drug-likeness (QED) is 0.472. The fraction of sp³-hybridized carbons (Fsp3) is 0.440. The number of carbonyl (C=O) groups excluding carboxylic acids is 1. The van der Waals surface area contributed by atoms with Crippen molar-refractivity contribution in [1.29, 1.82) is 0 Å². The molecule has 1 unspecified atom stereocenters. The van der Waals surface area contributed by atoms with Crippen LogP contribution in [0.3, 0.4) is 0 Å². The summed E-state index contributed by atoms with van der Waals surface area (Å²) in [6.07, 6.45) is 9.70. The molecule has 7 nitrogen and oxygen atoms in total. The van der Waals surface area contributed by atoms with Crippen LogP contribution in [0.5, 0.6) is 0 Å². The molecule has 1 saturated heterocycles. The number of aliphatic hydroxyl groups is 1. The molecule has 178 valence electrons. The van der Waals surface area contributed by atoms with Crippen molar-refractivity contribution in [1.82, 2.24) is 14.9 Å². The monoisotopic (exact) mass is 495 g/mol. The molecule has 2 fully saturated rings. The molecule has 3 aromatic rings. The molecule has 3 heterocycles. The number of anilines is 1. The van der Waals surface area contributed by atoms with Crippen LogP contribution < -0.4 is 5.32 Å².